The molecule has 1 aromatic rings. The van der Waals surface area contributed by atoms with Crippen LogP contribution in [0.1, 0.15) is 38.8 Å². The number of hydrogen-bond donors (Lipinski definition) is 1. The number of carbonyl (C=O) groups excluding carboxylic acids is 2. The normalized spacial score (nSPS) is 18.6. The quantitative estimate of drug-likeness (QED) is 0.908. The largest absolute Gasteiger partial charge is 0.302 e. The third kappa shape index (κ3) is 2.95. The Kier molecular flexibility index (Phi) is 4.20. The van der Waals surface area contributed by atoms with E-state index in [2.05, 4.69) is 4.99 Å². The number of nitrogens with zero attached hydrogens (tertiary/aromatic N) is 2. The van der Waals surface area contributed by atoms with Crippen molar-refractivity contribution in [3.63, 3.8) is 0 Å². The van der Waals surface area contributed by atoms with Gasteiger partial charge in [-0.3, -0.25) is 14.6 Å². The number of nitrogens with two attached hydrogens (primary N) is 1. The van der Waals surface area contributed by atoms with Gasteiger partial charge in [-0.25, -0.2) is 0 Å². The van der Waals surface area contributed by atoms with Gasteiger partial charge < -0.3 is 10.6 Å². The molecule has 1 heterocycles. The number of benzene rings is 1. The molecule has 0 saturated heterocycles. The highest BCUT2D eigenvalue weighted by Crippen LogP contribution is 2.30. The van der Waals surface area contributed by atoms with Crippen molar-refractivity contribution < 1.29 is 9.59 Å². The average molecular weight is 301 g/mol. The molecule has 5 nitrogen and oxygen atoms in total. The van der Waals surface area contributed by atoms with Crippen molar-refractivity contribution in [1.29, 1.82) is 0 Å². The van der Waals surface area contributed by atoms with Gasteiger partial charge in [-0.1, -0.05) is 39.0 Å². The summed E-state index contributed by atoms with van der Waals surface area (Å²) in [7, 11) is 0. The van der Waals surface area contributed by atoms with E-state index >= 15 is 0 Å². The number of anilines is 1. The molecule has 1 aliphatic rings. The van der Waals surface area contributed by atoms with E-state index in [1.165, 1.54) is 4.90 Å². The van der Waals surface area contributed by atoms with Crippen LogP contribution in [0.5, 0.6) is 0 Å². The van der Waals surface area contributed by atoms with Crippen LogP contribution in [0.15, 0.2) is 23.2 Å². The molecule has 2 N–H and O–H groups in total. The van der Waals surface area contributed by atoms with Crippen molar-refractivity contribution in [3.05, 3.63) is 29.3 Å². The van der Waals surface area contributed by atoms with Crippen LogP contribution in [-0.2, 0) is 9.59 Å². The second-order valence-electron chi connectivity index (χ2n) is 6.73. The maximum atomic E-state index is 12.6. The summed E-state index contributed by atoms with van der Waals surface area (Å²) in [5.41, 5.74) is 8.59. The number of aliphatic imine (C=N–C) groups is 1. The zero-order chi connectivity index (χ0) is 16.7. The van der Waals surface area contributed by atoms with Crippen LogP contribution in [0.3, 0.4) is 0 Å². The van der Waals surface area contributed by atoms with Crippen LogP contribution < -0.4 is 10.6 Å². The molecule has 0 spiro atoms. The van der Waals surface area contributed by atoms with Gasteiger partial charge in [-0.05, 0) is 19.4 Å². The molecular formula is C17H23N3O2. The molecule has 0 radical (unpaired) electrons. The maximum absolute atomic E-state index is 12.6. The van der Waals surface area contributed by atoms with Gasteiger partial charge in [0.05, 0.1) is 12.2 Å². The Bertz CT molecular complexity index is 656. The minimum absolute atomic E-state index is 0.0106. The number of aryl methyl sites for hydroxylation is 1. The highest BCUT2D eigenvalue weighted by atomic mass is 16.2. The van der Waals surface area contributed by atoms with Gasteiger partial charge in [0.1, 0.15) is 0 Å². The molecule has 5 heteroatoms. The summed E-state index contributed by atoms with van der Waals surface area (Å²) >= 11 is 0. The van der Waals surface area contributed by atoms with Crippen LogP contribution in [-0.4, -0.2) is 30.1 Å². The van der Waals surface area contributed by atoms with E-state index in [-0.39, 0.29) is 18.2 Å². The van der Waals surface area contributed by atoms with Crippen molar-refractivity contribution in [2.75, 3.05) is 11.4 Å². The Morgan fingerprint density at radius 3 is 2.55 bits per heavy atom. The molecule has 0 bridgehead atoms. The van der Waals surface area contributed by atoms with E-state index in [4.69, 9.17) is 5.73 Å². The SMILES string of the molecule is CC1=N[C@H](N)C(=O)N(CC(=O)C(C)(C)C)c2c(C)cccc21. The Morgan fingerprint density at radius 2 is 1.95 bits per heavy atom. The third-order valence-corrected chi connectivity index (χ3v) is 3.89. The summed E-state index contributed by atoms with van der Waals surface area (Å²) in [5.74, 6) is -0.355. The summed E-state index contributed by atoms with van der Waals surface area (Å²) < 4.78 is 0. The lowest BCUT2D eigenvalue weighted by Crippen LogP contribution is -2.46. The third-order valence-electron chi connectivity index (χ3n) is 3.89. The van der Waals surface area contributed by atoms with Crippen molar-refractivity contribution in [2.24, 2.45) is 16.1 Å². The lowest BCUT2D eigenvalue weighted by molar-refractivity contribution is -0.127. The molecule has 1 atom stereocenters. The van der Waals surface area contributed by atoms with Gasteiger partial charge in [0.25, 0.3) is 5.91 Å². The Hall–Kier alpha value is -2.01. The van der Waals surface area contributed by atoms with E-state index in [0.717, 1.165) is 16.8 Å². The highest BCUT2D eigenvalue weighted by molar-refractivity contribution is 6.14. The fourth-order valence-electron chi connectivity index (χ4n) is 2.45. The van der Waals surface area contributed by atoms with E-state index < -0.39 is 11.6 Å². The van der Waals surface area contributed by atoms with Gasteiger partial charge in [0.2, 0.25) is 0 Å². The second-order valence-corrected chi connectivity index (χ2v) is 6.73. The van der Waals surface area contributed by atoms with Crippen molar-refractivity contribution in [1.82, 2.24) is 0 Å². The van der Waals surface area contributed by atoms with Gasteiger partial charge in [-0.15, -0.1) is 0 Å². The maximum Gasteiger partial charge on any atom is 0.266 e. The molecule has 1 aromatic carbocycles. The Balaban J connectivity index is 2.56. The number of para-hydroxylation sites is 1. The van der Waals surface area contributed by atoms with E-state index in [0.29, 0.717) is 5.71 Å². The number of fused-ring (bicyclic) bond motifs is 1. The monoisotopic (exact) mass is 301 g/mol. The minimum Gasteiger partial charge on any atom is -0.302 e. The number of amides is 1. The number of ketones is 1. The summed E-state index contributed by atoms with van der Waals surface area (Å²) in [4.78, 5) is 30.8. The van der Waals surface area contributed by atoms with E-state index in [9.17, 15) is 9.59 Å². The molecule has 2 rings (SSSR count). The lowest BCUT2D eigenvalue weighted by atomic mass is 9.90. The summed E-state index contributed by atoms with van der Waals surface area (Å²) in [6, 6.07) is 5.74. The molecule has 0 unspecified atom stereocenters. The van der Waals surface area contributed by atoms with Gasteiger partial charge in [0, 0.05) is 16.7 Å². The predicted molar refractivity (Wildman–Crippen MR) is 88.2 cm³/mol. The molecule has 118 valence electrons. The van der Waals surface area contributed by atoms with Crippen LogP contribution in [0.4, 0.5) is 5.69 Å². The first-order valence-electron chi connectivity index (χ1n) is 7.37. The van der Waals surface area contributed by atoms with Crippen molar-refractivity contribution >= 4 is 23.1 Å². The number of Topliss-reactive ketones (excluding diaryl/α,β-unsaturated/α-hetero) is 1. The zero-order valence-electron chi connectivity index (χ0n) is 13.8. The minimum atomic E-state index is -0.973. The van der Waals surface area contributed by atoms with Crippen molar-refractivity contribution in [3.8, 4) is 0 Å². The summed E-state index contributed by atoms with van der Waals surface area (Å²) in [6.07, 6.45) is -0.973. The van der Waals surface area contributed by atoms with Crippen LogP contribution in [0.25, 0.3) is 0 Å². The highest BCUT2D eigenvalue weighted by Gasteiger charge is 2.33. The van der Waals surface area contributed by atoms with Crippen LogP contribution in [0, 0.1) is 12.3 Å². The molecular weight excluding hydrogens is 278 g/mol. The molecule has 0 aliphatic carbocycles. The molecule has 1 aliphatic heterocycles. The molecule has 0 fully saturated rings. The van der Waals surface area contributed by atoms with E-state index in [1.807, 2.05) is 52.8 Å². The molecule has 0 saturated carbocycles. The smallest absolute Gasteiger partial charge is 0.266 e. The number of carbonyl (C=O) groups is 2. The van der Waals surface area contributed by atoms with Crippen molar-refractivity contribution in [2.45, 2.75) is 40.8 Å². The second kappa shape index (κ2) is 5.65. The average Bonchev–Trinajstić information content (AvgIpc) is 2.50. The predicted octanol–water partition coefficient (Wildman–Crippen LogP) is 2.05. The first-order chi connectivity index (χ1) is 10.1. The summed E-state index contributed by atoms with van der Waals surface area (Å²) in [5, 5.41) is 0. The Morgan fingerprint density at radius 1 is 1.32 bits per heavy atom. The topological polar surface area (TPSA) is 75.8 Å². The first-order valence-corrected chi connectivity index (χ1v) is 7.37. The number of hydrogen-bond acceptors (Lipinski definition) is 4. The zero-order valence-corrected chi connectivity index (χ0v) is 13.8. The van der Waals surface area contributed by atoms with Crippen LogP contribution in [0.2, 0.25) is 0 Å². The Labute approximate surface area is 131 Å². The summed E-state index contributed by atoms with van der Waals surface area (Å²) in [6.45, 7) is 9.30. The first kappa shape index (κ1) is 16.4. The lowest BCUT2D eigenvalue weighted by Gasteiger charge is -2.28. The number of rotatable bonds is 2. The number of benzodiazepines with no additional fused rings is 1. The van der Waals surface area contributed by atoms with E-state index in [1.54, 1.807) is 0 Å². The van der Waals surface area contributed by atoms with Gasteiger partial charge in [0.15, 0.2) is 11.9 Å². The standard InChI is InChI=1S/C17H23N3O2/c1-10-7-6-8-12-11(2)19-15(18)16(22)20(14(10)12)9-13(21)17(3,4)5/h6-8,15H,9,18H2,1-5H3/t15-/m0/s1. The fourth-order valence-corrected chi connectivity index (χ4v) is 2.45. The van der Waals surface area contributed by atoms with Gasteiger partial charge >= 0.3 is 0 Å². The molecule has 0 aromatic heterocycles. The van der Waals surface area contributed by atoms with Crippen LogP contribution >= 0.6 is 0 Å². The van der Waals surface area contributed by atoms with Gasteiger partial charge in [-0.2, -0.15) is 0 Å². The fraction of sp³-hybridized carbons (Fsp3) is 0.471. The molecule has 22 heavy (non-hydrogen) atoms. The molecule has 1 amide bonds.